The van der Waals surface area contributed by atoms with Gasteiger partial charge >= 0.3 is 0 Å². The summed E-state index contributed by atoms with van der Waals surface area (Å²) in [5, 5.41) is 1.12. The highest BCUT2D eigenvalue weighted by Gasteiger charge is 2.26. The number of unbranched alkanes of at least 4 members (excludes halogenated alkanes) is 1. The van der Waals surface area contributed by atoms with Crippen LogP contribution in [-0.2, 0) is 9.84 Å². The fraction of sp³-hybridized carbons (Fsp3) is 0.944. The summed E-state index contributed by atoms with van der Waals surface area (Å²) >= 11 is 0. The molecule has 3 radical (unpaired) electrons. The number of hydrogen-bond acceptors (Lipinski definition) is 2. The number of rotatable bonds is 14. The predicted molar refractivity (Wildman–Crippen MR) is 189 cm³/mol. The summed E-state index contributed by atoms with van der Waals surface area (Å²) in [5.74, 6) is 6.15. The first kappa shape index (κ1) is 46.7. The lowest BCUT2D eigenvalue weighted by Crippen LogP contribution is -2.19. The molecular formula is C36H78BO2S. The summed E-state index contributed by atoms with van der Waals surface area (Å²) in [6, 6.07) is 0. The molecule has 0 aromatic heterocycles. The van der Waals surface area contributed by atoms with Crippen LogP contribution < -0.4 is 0 Å². The Morgan fingerprint density at radius 1 is 0.550 bits per heavy atom. The van der Waals surface area contributed by atoms with Crippen molar-refractivity contribution in [1.29, 1.82) is 0 Å². The van der Waals surface area contributed by atoms with Crippen molar-refractivity contribution < 1.29 is 9.84 Å². The lowest BCUT2D eigenvalue weighted by molar-refractivity contribution is 0.194. The summed E-state index contributed by atoms with van der Waals surface area (Å²) in [6.07, 6.45) is 29.7. The summed E-state index contributed by atoms with van der Waals surface area (Å²) in [6.45, 7) is 5.75. The van der Waals surface area contributed by atoms with E-state index in [9.17, 15) is 8.42 Å². The summed E-state index contributed by atoms with van der Waals surface area (Å²) < 4.78 is 23.2. The van der Waals surface area contributed by atoms with Gasteiger partial charge in [-0.25, -0.2) is 8.42 Å². The molecule has 3 saturated carbocycles. The highest BCUT2D eigenvalue weighted by Crippen LogP contribution is 2.40. The highest BCUT2D eigenvalue weighted by molar-refractivity contribution is 7.94. The molecule has 3 fully saturated rings. The van der Waals surface area contributed by atoms with Crippen LogP contribution in [0.25, 0.3) is 0 Å². The maximum Gasteiger partial charge on any atom is 0.171 e. The minimum Gasteiger partial charge on any atom is -0.224 e. The molecule has 243 valence electrons. The van der Waals surface area contributed by atoms with Crippen molar-refractivity contribution in [3.63, 3.8) is 0 Å². The minimum absolute atomic E-state index is 0. The van der Waals surface area contributed by atoms with E-state index in [2.05, 4.69) is 13.5 Å². The average Bonchev–Trinajstić information content (AvgIpc) is 2.87. The van der Waals surface area contributed by atoms with Gasteiger partial charge in [0.05, 0.1) is 5.75 Å². The Kier molecular flexibility index (Phi) is 29.5. The van der Waals surface area contributed by atoms with Gasteiger partial charge < -0.3 is 0 Å². The Morgan fingerprint density at radius 3 is 1.05 bits per heavy atom. The molecule has 0 aromatic rings. The van der Waals surface area contributed by atoms with Gasteiger partial charge in [-0.2, -0.15) is 0 Å². The van der Waals surface area contributed by atoms with Gasteiger partial charge in [0, 0.05) is 15.2 Å². The van der Waals surface area contributed by atoms with Gasteiger partial charge in [-0.1, -0.05) is 173 Å². The second-order valence-corrected chi connectivity index (χ2v) is 14.7. The van der Waals surface area contributed by atoms with E-state index in [4.69, 9.17) is 0 Å². The number of sulfone groups is 1. The largest absolute Gasteiger partial charge is 0.224 e. The van der Waals surface area contributed by atoms with Crippen molar-refractivity contribution >= 4 is 18.3 Å². The van der Waals surface area contributed by atoms with Crippen LogP contribution in [0, 0.1) is 35.5 Å². The van der Waals surface area contributed by atoms with Crippen molar-refractivity contribution in [2.24, 2.45) is 35.5 Å². The van der Waals surface area contributed by atoms with Crippen LogP contribution in [0.5, 0.6) is 0 Å². The first-order valence-electron chi connectivity index (χ1n) is 15.3. The van der Waals surface area contributed by atoms with E-state index in [-0.39, 0.29) is 47.0 Å². The molecule has 3 aliphatic rings. The first-order chi connectivity index (χ1) is 16.5. The minimum atomic E-state index is -3.01. The second kappa shape index (κ2) is 25.3. The monoisotopic (exact) mass is 587 g/mol. The van der Waals surface area contributed by atoms with Gasteiger partial charge in [0.15, 0.2) is 9.84 Å². The maximum atomic E-state index is 11.6. The third-order valence-corrected chi connectivity index (χ3v) is 11.5. The molecule has 2 nitrogen and oxygen atoms in total. The Bertz CT molecular complexity index is 659. The van der Waals surface area contributed by atoms with E-state index in [0.29, 0.717) is 5.75 Å². The molecule has 3 rings (SSSR count). The van der Waals surface area contributed by atoms with E-state index in [0.717, 1.165) is 53.8 Å². The number of hydrogen-bond donors (Lipinski definition) is 0. The fourth-order valence-corrected chi connectivity index (χ4v) is 8.25. The Labute approximate surface area is 259 Å². The maximum absolute atomic E-state index is 11.6. The van der Waals surface area contributed by atoms with Crippen molar-refractivity contribution in [3.05, 3.63) is 12.0 Å². The molecule has 40 heavy (non-hydrogen) atoms. The molecule has 0 N–H and O–H groups in total. The van der Waals surface area contributed by atoms with Gasteiger partial charge in [-0.05, 0) is 48.3 Å². The Balaban J connectivity index is -0.000000617. The van der Waals surface area contributed by atoms with Crippen molar-refractivity contribution in [1.82, 2.24) is 0 Å². The average molecular weight is 587 g/mol. The summed E-state index contributed by atoms with van der Waals surface area (Å²) in [4.78, 5) is 0. The molecule has 0 heterocycles. The second-order valence-electron chi connectivity index (χ2n) is 12.6. The SMILES string of the molecule is C.C.C.C.C.C=CS(=O)(=O)CCCC1CCC(CCC2CCC(CCC3CCC(CCCC)CC3)CC2)CC1.[2HH].[B]. The van der Waals surface area contributed by atoms with Crippen LogP contribution in [0.1, 0.15) is 180 Å². The lowest BCUT2D eigenvalue weighted by atomic mass is 9.73. The smallest absolute Gasteiger partial charge is 0.171 e. The van der Waals surface area contributed by atoms with Crippen LogP contribution in [0.3, 0.4) is 0 Å². The standard InChI is InChI=1S/C31H56O2S.5CH4.B.H2/c1-3-5-7-26-9-13-28(14-10-26)17-19-30-21-23-31(24-22-30)20-18-29-15-11-27(12-16-29)8-6-25-34(32,33)4-2;;;;;;;/h4,26-31H,2-3,5-25H2,1H3;5*1H4;;1H/i;;;;;;;1+1. The van der Waals surface area contributed by atoms with Gasteiger partial charge in [0.2, 0.25) is 0 Å². The van der Waals surface area contributed by atoms with Gasteiger partial charge in [0.25, 0.3) is 0 Å². The highest BCUT2D eigenvalue weighted by atomic mass is 32.2. The molecule has 0 spiro atoms. The lowest BCUT2D eigenvalue weighted by Gasteiger charge is -2.33. The zero-order valence-electron chi connectivity index (χ0n) is 23.1. The molecule has 0 aliphatic heterocycles. The Hall–Kier alpha value is -0.245. The van der Waals surface area contributed by atoms with E-state index in [1.165, 1.54) is 122 Å². The van der Waals surface area contributed by atoms with Crippen LogP contribution in [0.4, 0.5) is 0 Å². The summed E-state index contributed by atoms with van der Waals surface area (Å²) in [7, 11) is -3.01. The van der Waals surface area contributed by atoms with Crippen molar-refractivity contribution in [2.45, 2.75) is 179 Å². The van der Waals surface area contributed by atoms with E-state index < -0.39 is 9.84 Å². The van der Waals surface area contributed by atoms with Gasteiger partial charge in [0.1, 0.15) is 0 Å². The van der Waals surface area contributed by atoms with E-state index in [1.807, 2.05) is 0 Å². The van der Waals surface area contributed by atoms with Crippen molar-refractivity contribution in [3.8, 4) is 0 Å². The van der Waals surface area contributed by atoms with Gasteiger partial charge in [-0.3, -0.25) is 0 Å². The van der Waals surface area contributed by atoms with Crippen molar-refractivity contribution in [2.75, 3.05) is 5.75 Å². The Morgan fingerprint density at radius 2 is 0.800 bits per heavy atom. The molecule has 0 bridgehead atoms. The third kappa shape index (κ3) is 17.7. The molecule has 4 heteroatoms. The van der Waals surface area contributed by atoms with Crippen LogP contribution in [0.2, 0.25) is 0 Å². The van der Waals surface area contributed by atoms with Crippen LogP contribution in [-0.4, -0.2) is 22.6 Å². The van der Waals surface area contributed by atoms with Gasteiger partial charge in [-0.15, -0.1) is 0 Å². The molecule has 0 saturated heterocycles. The normalized spacial score (nSPS) is 28.0. The van der Waals surface area contributed by atoms with Crippen LogP contribution in [0.15, 0.2) is 12.0 Å². The molecular weight excluding hydrogens is 507 g/mol. The molecule has 0 atom stereocenters. The molecule has 0 aromatic carbocycles. The molecule has 0 amide bonds. The zero-order valence-corrected chi connectivity index (χ0v) is 23.9. The predicted octanol–water partition coefficient (Wildman–Crippen LogP) is 12.5. The molecule has 0 unspecified atom stereocenters. The molecule has 3 aliphatic carbocycles. The third-order valence-electron chi connectivity index (χ3n) is 10.1. The fourth-order valence-electron chi connectivity index (χ4n) is 7.52. The first-order valence-corrected chi connectivity index (χ1v) is 17.0. The summed E-state index contributed by atoms with van der Waals surface area (Å²) in [5.41, 5.74) is 0. The zero-order chi connectivity index (χ0) is 24.2. The van der Waals surface area contributed by atoms with E-state index >= 15 is 0 Å². The quantitative estimate of drug-likeness (QED) is 0.190. The van der Waals surface area contributed by atoms with Crippen LogP contribution >= 0.6 is 0 Å². The van der Waals surface area contributed by atoms with E-state index in [1.54, 1.807) is 0 Å². The topological polar surface area (TPSA) is 34.1 Å².